The standard InChI is InChI=1S/C15H16Cl2N4O2/c1-20-6-5-14(19-20)18-15(22)21-7-4-11(9-21)23-10-2-3-12(16)13(17)8-10/h2-3,5-6,8,11H,4,7,9H2,1H3,(H,18,19,22). The predicted molar refractivity (Wildman–Crippen MR) is 89.3 cm³/mol. The first-order valence-corrected chi connectivity index (χ1v) is 7.94. The number of nitrogens with one attached hydrogen (secondary N) is 1. The summed E-state index contributed by atoms with van der Waals surface area (Å²) in [5, 5.41) is 7.83. The molecule has 0 aliphatic carbocycles. The first-order valence-electron chi connectivity index (χ1n) is 7.18. The van der Waals surface area contributed by atoms with Gasteiger partial charge in [-0.05, 0) is 12.1 Å². The van der Waals surface area contributed by atoms with Crippen molar-refractivity contribution in [3.05, 3.63) is 40.5 Å². The number of anilines is 1. The van der Waals surface area contributed by atoms with E-state index >= 15 is 0 Å². The maximum absolute atomic E-state index is 12.2. The number of nitrogens with zero attached hydrogens (tertiary/aromatic N) is 3. The molecule has 2 aromatic rings. The van der Waals surface area contributed by atoms with Gasteiger partial charge in [0.15, 0.2) is 5.82 Å². The quantitative estimate of drug-likeness (QED) is 0.918. The second-order valence-corrected chi connectivity index (χ2v) is 6.17. The van der Waals surface area contributed by atoms with Crippen LogP contribution in [0.15, 0.2) is 30.5 Å². The Labute approximate surface area is 143 Å². The van der Waals surface area contributed by atoms with Gasteiger partial charge in [0.25, 0.3) is 0 Å². The Morgan fingerprint density at radius 3 is 2.87 bits per heavy atom. The number of rotatable bonds is 3. The molecule has 8 heteroatoms. The Kier molecular flexibility index (Phi) is 4.63. The molecule has 0 radical (unpaired) electrons. The van der Waals surface area contributed by atoms with Gasteiger partial charge in [-0.1, -0.05) is 23.2 Å². The van der Waals surface area contributed by atoms with Crippen LogP contribution in [0, 0.1) is 0 Å². The Morgan fingerprint density at radius 2 is 2.17 bits per heavy atom. The lowest BCUT2D eigenvalue weighted by Crippen LogP contribution is -2.34. The molecule has 1 aromatic heterocycles. The van der Waals surface area contributed by atoms with Gasteiger partial charge >= 0.3 is 6.03 Å². The molecule has 0 saturated carbocycles. The fourth-order valence-corrected chi connectivity index (χ4v) is 2.71. The van der Waals surface area contributed by atoms with Crippen LogP contribution < -0.4 is 10.1 Å². The highest BCUT2D eigenvalue weighted by Gasteiger charge is 2.28. The largest absolute Gasteiger partial charge is 0.488 e. The molecule has 6 nitrogen and oxygen atoms in total. The Morgan fingerprint density at radius 1 is 1.35 bits per heavy atom. The molecule has 23 heavy (non-hydrogen) atoms. The van der Waals surface area contributed by atoms with Crippen LogP contribution in [0.25, 0.3) is 0 Å². The monoisotopic (exact) mass is 354 g/mol. The van der Waals surface area contributed by atoms with Crippen molar-refractivity contribution >= 4 is 35.1 Å². The molecule has 1 fully saturated rings. The van der Waals surface area contributed by atoms with E-state index in [0.29, 0.717) is 34.7 Å². The van der Waals surface area contributed by atoms with E-state index in [9.17, 15) is 4.79 Å². The fourth-order valence-electron chi connectivity index (χ4n) is 2.42. The number of aromatic nitrogens is 2. The number of ether oxygens (including phenoxy) is 1. The van der Waals surface area contributed by atoms with Gasteiger partial charge in [-0.3, -0.25) is 10.00 Å². The molecule has 0 bridgehead atoms. The van der Waals surface area contributed by atoms with Crippen LogP contribution in [-0.4, -0.2) is 39.9 Å². The highest BCUT2D eigenvalue weighted by Crippen LogP contribution is 2.28. The molecule has 2 amide bonds. The van der Waals surface area contributed by atoms with Crippen molar-refractivity contribution in [1.82, 2.24) is 14.7 Å². The van der Waals surface area contributed by atoms with Crippen molar-refractivity contribution in [2.75, 3.05) is 18.4 Å². The number of urea groups is 1. The van der Waals surface area contributed by atoms with E-state index in [1.165, 1.54) is 0 Å². The van der Waals surface area contributed by atoms with Crippen LogP contribution in [0.1, 0.15) is 6.42 Å². The zero-order chi connectivity index (χ0) is 16.4. The third-order valence-electron chi connectivity index (χ3n) is 3.57. The van der Waals surface area contributed by atoms with Gasteiger partial charge < -0.3 is 9.64 Å². The van der Waals surface area contributed by atoms with Gasteiger partial charge in [-0.2, -0.15) is 5.10 Å². The number of likely N-dealkylation sites (tertiary alicyclic amines) is 1. The minimum absolute atomic E-state index is 0.0678. The molecule has 122 valence electrons. The minimum Gasteiger partial charge on any atom is -0.488 e. The summed E-state index contributed by atoms with van der Waals surface area (Å²) in [5.74, 6) is 1.18. The number of benzene rings is 1. The van der Waals surface area contributed by atoms with Crippen molar-refractivity contribution in [2.45, 2.75) is 12.5 Å². The second kappa shape index (κ2) is 6.68. The van der Waals surface area contributed by atoms with Gasteiger partial charge in [0.1, 0.15) is 11.9 Å². The summed E-state index contributed by atoms with van der Waals surface area (Å²) in [5.41, 5.74) is 0. The lowest BCUT2D eigenvalue weighted by molar-refractivity contribution is 0.195. The molecule has 3 rings (SSSR count). The van der Waals surface area contributed by atoms with Crippen LogP contribution in [0.2, 0.25) is 10.0 Å². The summed E-state index contributed by atoms with van der Waals surface area (Å²) < 4.78 is 7.50. The highest BCUT2D eigenvalue weighted by molar-refractivity contribution is 6.42. The Balaban J connectivity index is 1.55. The Bertz CT molecular complexity index is 719. The average Bonchev–Trinajstić information content (AvgIpc) is 3.12. The summed E-state index contributed by atoms with van der Waals surface area (Å²) in [7, 11) is 1.80. The molecule has 2 heterocycles. The fraction of sp³-hybridized carbons (Fsp3) is 0.333. The molecule has 1 unspecified atom stereocenters. The number of halogens is 2. The number of aryl methyl sites for hydroxylation is 1. The van der Waals surface area contributed by atoms with Crippen molar-refractivity contribution < 1.29 is 9.53 Å². The maximum atomic E-state index is 12.2. The van der Waals surface area contributed by atoms with E-state index in [2.05, 4.69) is 10.4 Å². The van der Waals surface area contributed by atoms with Crippen molar-refractivity contribution in [3.63, 3.8) is 0 Å². The van der Waals surface area contributed by atoms with Gasteiger partial charge in [-0.25, -0.2) is 4.79 Å². The zero-order valence-corrected chi connectivity index (χ0v) is 14.0. The third-order valence-corrected chi connectivity index (χ3v) is 4.31. The lowest BCUT2D eigenvalue weighted by Gasteiger charge is -2.17. The van der Waals surface area contributed by atoms with Crippen molar-refractivity contribution in [1.29, 1.82) is 0 Å². The molecule has 1 atom stereocenters. The number of hydrogen-bond acceptors (Lipinski definition) is 3. The summed E-state index contributed by atoms with van der Waals surface area (Å²) in [6.07, 6.45) is 2.47. The minimum atomic E-state index is -0.177. The second-order valence-electron chi connectivity index (χ2n) is 5.36. The SMILES string of the molecule is Cn1ccc(NC(=O)N2CCC(Oc3ccc(Cl)c(Cl)c3)C2)n1. The highest BCUT2D eigenvalue weighted by atomic mass is 35.5. The van der Waals surface area contributed by atoms with Gasteiger partial charge in [-0.15, -0.1) is 0 Å². The predicted octanol–water partition coefficient (Wildman–Crippen LogP) is 3.41. The summed E-state index contributed by atoms with van der Waals surface area (Å²) in [6.45, 7) is 1.14. The molecular formula is C15H16Cl2N4O2. The summed E-state index contributed by atoms with van der Waals surface area (Å²) in [6, 6.07) is 6.71. The topological polar surface area (TPSA) is 59.4 Å². The number of amides is 2. The molecule has 1 N–H and O–H groups in total. The lowest BCUT2D eigenvalue weighted by atomic mass is 10.3. The molecule has 1 aromatic carbocycles. The van der Waals surface area contributed by atoms with E-state index in [-0.39, 0.29) is 12.1 Å². The van der Waals surface area contributed by atoms with E-state index in [4.69, 9.17) is 27.9 Å². The molecule has 1 aliphatic rings. The first kappa shape index (κ1) is 16.0. The van der Waals surface area contributed by atoms with Crippen molar-refractivity contribution in [3.8, 4) is 5.75 Å². The maximum Gasteiger partial charge on any atom is 0.323 e. The third kappa shape index (κ3) is 3.89. The van der Waals surface area contributed by atoms with Crippen LogP contribution in [0.5, 0.6) is 5.75 Å². The molecule has 0 spiro atoms. The summed E-state index contributed by atoms with van der Waals surface area (Å²) in [4.78, 5) is 13.9. The van der Waals surface area contributed by atoms with E-state index in [0.717, 1.165) is 6.42 Å². The van der Waals surface area contributed by atoms with Gasteiger partial charge in [0.05, 0.1) is 16.6 Å². The average molecular weight is 355 g/mol. The van der Waals surface area contributed by atoms with E-state index < -0.39 is 0 Å². The van der Waals surface area contributed by atoms with E-state index in [1.807, 2.05) is 0 Å². The smallest absolute Gasteiger partial charge is 0.323 e. The zero-order valence-electron chi connectivity index (χ0n) is 12.5. The normalized spacial score (nSPS) is 17.3. The van der Waals surface area contributed by atoms with Crippen LogP contribution in [0.3, 0.4) is 0 Å². The van der Waals surface area contributed by atoms with Crippen LogP contribution in [-0.2, 0) is 7.05 Å². The number of carbonyl (C=O) groups excluding carboxylic acids is 1. The number of carbonyl (C=O) groups is 1. The number of hydrogen-bond donors (Lipinski definition) is 1. The van der Waals surface area contributed by atoms with E-state index in [1.54, 1.807) is 47.1 Å². The van der Waals surface area contributed by atoms with Gasteiger partial charge in [0, 0.05) is 38.3 Å². The van der Waals surface area contributed by atoms with Gasteiger partial charge in [0.2, 0.25) is 0 Å². The van der Waals surface area contributed by atoms with Crippen LogP contribution in [0.4, 0.5) is 10.6 Å². The summed E-state index contributed by atoms with van der Waals surface area (Å²) >= 11 is 11.9. The Hall–Kier alpha value is -1.92. The van der Waals surface area contributed by atoms with Crippen LogP contribution >= 0.6 is 23.2 Å². The molecule has 1 saturated heterocycles. The van der Waals surface area contributed by atoms with Crippen molar-refractivity contribution in [2.24, 2.45) is 7.05 Å². The molecular weight excluding hydrogens is 339 g/mol. The first-order chi connectivity index (χ1) is 11.0. The molecule has 1 aliphatic heterocycles.